The molecule has 8 rings (SSSR count). The lowest BCUT2D eigenvalue weighted by molar-refractivity contribution is -0.133. The molecule has 0 spiro atoms. The zero-order valence-corrected chi connectivity index (χ0v) is 32.1. The molecular formula is C42H49ClFN7O3. The zero-order valence-electron chi connectivity index (χ0n) is 31.3. The molecule has 0 bridgehead atoms. The van der Waals surface area contributed by atoms with Crippen LogP contribution in [0.25, 0.3) is 10.9 Å². The standard InChI is InChI=1S/C42H49ClFN7O3/c1-26-20-32-37(48(3)42(26)54)21-29(22-38(32)51-19-18-47(2)36-7-4-30(43)23-39(36)51)28-12-14-49(15-13-28)25-27-10-16-50(17-11-27)35-8-5-31(24-33(35)44)45-34-6-9-40(52)46-41(34)53/h4-5,7-8,20-24,27-28,34,45H,6,9-19,25H2,1-3H3,(H,46,52,53). The Kier molecular flexibility index (Phi) is 10.0. The van der Waals surface area contributed by atoms with Crippen LogP contribution in [0.5, 0.6) is 0 Å². The van der Waals surface area contributed by atoms with E-state index in [1.54, 1.807) is 6.07 Å². The van der Waals surface area contributed by atoms with Gasteiger partial charge in [0.15, 0.2) is 0 Å². The van der Waals surface area contributed by atoms with Crippen LogP contribution in [0.1, 0.15) is 55.6 Å². The average Bonchev–Trinajstić information content (AvgIpc) is 3.16. The molecule has 284 valence electrons. The van der Waals surface area contributed by atoms with Crippen molar-refractivity contribution in [3.05, 3.63) is 86.9 Å². The number of fused-ring (bicyclic) bond motifs is 2. The fraction of sp³-hybridized carbons (Fsp3) is 0.452. The Balaban J connectivity index is 0.917. The number of nitrogens with zero attached hydrogens (tertiary/aromatic N) is 5. The normalized spacial score (nSPS) is 20.4. The van der Waals surface area contributed by atoms with Gasteiger partial charge in [0, 0.05) is 74.9 Å². The van der Waals surface area contributed by atoms with E-state index in [1.165, 1.54) is 11.6 Å². The van der Waals surface area contributed by atoms with E-state index in [2.05, 4.69) is 67.6 Å². The lowest BCUT2D eigenvalue weighted by Crippen LogP contribution is -2.47. The maximum absolute atomic E-state index is 15.3. The first-order valence-electron chi connectivity index (χ1n) is 19.3. The SMILES string of the molecule is Cc1cc2c(N3CCN(C)c4ccc(Cl)cc43)cc(C3CCN(CC4CCN(c5ccc(NC6CCC(=O)NC6=O)cc5F)CC4)CC3)cc2n(C)c1=O. The third-order valence-electron chi connectivity index (χ3n) is 12.2. The van der Waals surface area contributed by atoms with Gasteiger partial charge in [0.05, 0.1) is 28.3 Å². The van der Waals surface area contributed by atoms with Crippen LogP contribution in [0.2, 0.25) is 5.02 Å². The average molecular weight is 754 g/mol. The summed E-state index contributed by atoms with van der Waals surface area (Å²) in [4.78, 5) is 46.2. The number of likely N-dealkylation sites (tertiary alicyclic amines) is 1. The van der Waals surface area contributed by atoms with Gasteiger partial charge in [0.1, 0.15) is 11.9 Å². The van der Waals surface area contributed by atoms with Crippen LogP contribution in [0.3, 0.4) is 0 Å². The van der Waals surface area contributed by atoms with Crippen LogP contribution in [0.4, 0.5) is 32.8 Å². The van der Waals surface area contributed by atoms with Crippen molar-refractivity contribution in [1.82, 2.24) is 14.8 Å². The van der Waals surface area contributed by atoms with Gasteiger partial charge in [-0.2, -0.15) is 0 Å². The molecule has 2 N–H and O–H groups in total. The van der Waals surface area contributed by atoms with Crippen LogP contribution in [0, 0.1) is 18.7 Å². The Hall–Kier alpha value is -4.61. The number of anilines is 5. The van der Waals surface area contributed by atoms with E-state index in [0.717, 1.165) is 105 Å². The molecule has 4 aliphatic rings. The molecule has 4 aliphatic heterocycles. The number of nitrogens with one attached hydrogen (secondary N) is 2. The van der Waals surface area contributed by atoms with Gasteiger partial charge in [-0.3, -0.25) is 19.7 Å². The molecule has 1 aromatic heterocycles. The van der Waals surface area contributed by atoms with Crippen molar-refractivity contribution < 1.29 is 14.0 Å². The number of hydrogen-bond acceptors (Lipinski definition) is 8. The van der Waals surface area contributed by atoms with Gasteiger partial charge < -0.3 is 29.5 Å². The van der Waals surface area contributed by atoms with Crippen molar-refractivity contribution in [3.8, 4) is 0 Å². The predicted molar refractivity (Wildman–Crippen MR) is 215 cm³/mol. The number of piperidine rings is 3. The van der Waals surface area contributed by atoms with Gasteiger partial charge in [-0.25, -0.2) is 4.39 Å². The number of aryl methyl sites for hydroxylation is 2. The monoisotopic (exact) mass is 753 g/mol. The van der Waals surface area contributed by atoms with Crippen molar-refractivity contribution in [1.29, 1.82) is 0 Å². The summed E-state index contributed by atoms with van der Waals surface area (Å²) in [6, 6.07) is 17.3. The Morgan fingerprint density at radius 3 is 2.31 bits per heavy atom. The van der Waals surface area contributed by atoms with E-state index in [9.17, 15) is 14.4 Å². The van der Waals surface area contributed by atoms with Crippen molar-refractivity contribution in [2.75, 3.05) is 72.9 Å². The largest absolute Gasteiger partial charge is 0.374 e. The highest BCUT2D eigenvalue weighted by atomic mass is 35.5. The summed E-state index contributed by atoms with van der Waals surface area (Å²) in [7, 11) is 4.01. The topological polar surface area (TPSA) is 93.2 Å². The van der Waals surface area contributed by atoms with Gasteiger partial charge in [-0.1, -0.05) is 11.6 Å². The fourth-order valence-corrected chi connectivity index (χ4v) is 9.18. The highest BCUT2D eigenvalue weighted by Crippen LogP contribution is 2.43. The summed E-state index contributed by atoms with van der Waals surface area (Å²) in [5, 5.41) is 7.20. The van der Waals surface area contributed by atoms with Crippen LogP contribution >= 0.6 is 11.6 Å². The van der Waals surface area contributed by atoms with E-state index >= 15 is 4.39 Å². The first kappa shape index (κ1) is 36.4. The molecule has 2 amide bonds. The van der Waals surface area contributed by atoms with Gasteiger partial charge in [0.25, 0.3) is 5.56 Å². The summed E-state index contributed by atoms with van der Waals surface area (Å²) >= 11 is 6.55. The summed E-state index contributed by atoms with van der Waals surface area (Å²) < 4.78 is 17.1. The van der Waals surface area contributed by atoms with E-state index in [4.69, 9.17) is 11.6 Å². The Morgan fingerprint density at radius 2 is 1.57 bits per heavy atom. The molecule has 3 fully saturated rings. The Morgan fingerprint density at radius 1 is 0.815 bits per heavy atom. The number of rotatable bonds is 7. The maximum Gasteiger partial charge on any atom is 0.253 e. The van der Waals surface area contributed by atoms with Crippen LogP contribution in [0.15, 0.2) is 59.4 Å². The fourth-order valence-electron chi connectivity index (χ4n) is 9.01. The van der Waals surface area contributed by atoms with Crippen molar-refractivity contribution in [2.45, 2.75) is 57.4 Å². The third kappa shape index (κ3) is 7.15. The zero-order chi connectivity index (χ0) is 37.7. The van der Waals surface area contributed by atoms with E-state index < -0.39 is 6.04 Å². The molecule has 0 saturated carbocycles. The predicted octanol–water partition coefficient (Wildman–Crippen LogP) is 6.54. The quantitative estimate of drug-likeness (QED) is 0.206. The highest BCUT2D eigenvalue weighted by molar-refractivity contribution is 6.31. The van der Waals surface area contributed by atoms with E-state index in [1.807, 2.05) is 30.7 Å². The molecule has 4 aromatic rings. The van der Waals surface area contributed by atoms with Crippen LogP contribution < -0.4 is 30.9 Å². The van der Waals surface area contributed by atoms with Crippen LogP contribution in [-0.4, -0.2) is 80.2 Å². The summed E-state index contributed by atoms with van der Waals surface area (Å²) in [5.74, 6) is 0.00711. The summed E-state index contributed by atoms with van der Waals surface area (Å²) in [6.45, 7) is 8.30. The second kappa shape index (κ2) is 14.9. The minimum atomic E-state index is -0.543. The molecule has 5 heterocycles. The second-order valence-electron chi connectivity index (χ2n) is 15.7. The maximum atomic E-state index is 15.3. The smallest absolute Gasteiger partial charge is 0.253 e. The number of pyridine rings is 1. The minimum absolute atomic E-state index is 0.0369. The number of carbonyl (C=O) groups is 2. The van der Waals surface area contributed by atoms with Gasteiger partial charge in [0.2, 0.25) is 11.8 Å². The second-order valence-corrected chi connectivity index (χ2v) is 16.1. The molecule has 1 unspecified atom stereocenters. The molecule has 10 nitrogen and oxygen atoms in total. The molecule has 3 saturated heterocycles. The molecular weight excluding hydrogens is 705 g/mol. The number of benzene rings is 3. The first-order chi connectivity index (χ1) is 26.0. The minimum Gasteiger partial charge on any atom is -0.374 e. The first-order valence-corrected chi connectivity index (χ1v) is 19.7. The van der Waals surface area contributed by atoms with Crippen molar-refractivity contribution >= 4 is 62.8 Å². The number of aromatic nitrogens is 1. The van der Waals surface area contributed by atoms with Gasteiger partial charge >= 0.3 is 0 Å². The summed E-state index contributed by atoms with van der Waals surface area (Å²) in [6.07, 6.45) is 4.79. The molecule has 1 atom stereocenters. The van der Waals surface area contributed by atoms with Gasteiger partial charge in [-0.05, 0) is 124 Å². The molecule has 3 aromatic carbocycles. The van der Waals surface area contributed by atoms with Gasteiger partial charge in [-0.15, -0.1) is 0 Å². The number of hydrogen-bond donors (Lipinski definition) is 2. The molecule has 0 aliphatic carbocycles. The van der Waals surface area contributed by atoms with E-state index in [0.29, 0.717) is 34.7 Å². The third-order valence-corrected chi connectivity index (χ3v) is 12.4. The highest BCUT2D eigenvalue weighted by Gasteiger charge is 2.30. The number of carbonyl (C=O) groups excluding carboxylic acids is 2. The Labute approximate surface area is 320 Å². The molecule has 12 heteroatoms. The lowest BCUT2D eigenvalue weighted by atomic mass is 9.87. The number of halogens is 2. The number of likely N-dealkylation sites (N-methyl/N-ethyl adjacent to an activating group) is 1. The summed E-state index contributed by atoms with van der Waals surface area (Å²) in [5.41, 5.74) is 7.51. The van der Waals surface area contributed by atoms with Crippen molar-refractivity contribution in [3.63, 3.8) is 0 Å². The van der Waals surface area contributed by atoms with E-state index in [-0.39, 0.29) is 29.6 Å². The van der Waals surface area contributed by atoms with Crippen LogP contribution in [-0.2, 0) is 16.6 Å². The Bertz CT molecular complexity index is 2160. The lowest BCUT2D eigenvalue weighted by Gasteiger charge is -2.39. The molecule has 54 heavy (non-hydrogen) atoms. The number of amides is 2. The number of imide groups is 1. The van der Waals surface area contributed by atoms with Crippen molar-refractivity contribution in [2.24, 2.45) is 13.0 Å². The molecule has 0 radical (unpaired) electrons.